The highest BCUT2D eigenvalue weighted by molar-refractivity contribution is 5.28. The lowest BCUT2D eigenvalue weighted by atomic mass is 10.1. The van der Waals surface area contributed by atoms with Gasteiger partial charge in [0, 0.05) is 24.7 Å². The van der Waals surface area contributed by atoms with E-state index in [1.165, 1.54) is 0 Å². The van der Waals surface area contributed by atoms with E-state index in [2.05, 4.69) is 5.32 Å². The second-order valence-corrected chi connectivity index (χ2v) is 4.54. The van der Waals surface area contributed by atoms with E-state index in [0.29, 0.717) is 19.2 Å². The molecule has 0 radical (unpaired) electrons. The van der Waals surface area contributed by atoms with Crippen LogP contribution in [-0.2, 0) is 13.1 Å². The number of hydrogen-bond donors (Lipinski definition) is 1. The van der Waals surface area contributed by atoms with Crippen molar-refractivity contribution in [2.45, 2.75) is 20.0 Å². The van der Waals surface area contributed by atoms with Crippen LogP contribution < -0.4 is 10.1 Å². The Balaban J connectivity index is 1.95. The van der Waals surface area contributed by atoms with Crippen LogP contribution in [0.4, 0.5) is 13.2 Å². The number of ether oxygens (including phenoxy) is 1. The first-order valence-corrected chi connectivity index (χ1v) is 6.66. The van der Waals surface area contributed by atoms with E-state index < -0.39 is 17.5 Å². The number of nitrogens with one attached hydrogen (secondary N) is 1. The largest absolute Gasteiger partial charge is 0.494 e. The van der Waals surface area contributed by atoms with Crippen molar-refractivity contribution in [2.24, 2.45) is 0 Å². The van der Waals surface area contributed by atoms with Crippen LogP contribution in [0, 0.1) is 17.5 Å². The second kappa shape index (κ2) is 7.13. The van der Waals surface area contributed by atoms with Gasteiger partial charge in [-0.3, -0.25) is 0 Å². The Kier molecular flexibility index (Phi) is 5.22. The summed E-state index contributed by atoms with van der Waals surface area (Å²) < 4.78 is 44.7. The molecule has 0 atom stereocenters. The maximum atomic E-state index is 13.5. The standard InChI is InChI=1S/C16H16F3NO/c1-2-21-13-5-3-4-11(6-13)9-20-10-12-7-15(18)16(19)8-14(12)17/h3-8,20H,2,9-10H2,1H3. The third-order valence-electron chi connectivity index (χ3n) is 2.94. The molecule has 0 aliphatic heterocycles. The van der Waals surface area contributed by atoms with Gasteiger partial charge in [0.1, 0.15) is 11.6 Å². The molecular formula is C16H16F3NO. The second-order valence-electron chi connectivity index (χ2n) is 4.54. The first kappa shape index (κ1) is 15.4. The van der Waals surface area contributed by atoms with Crippen molar-refractivity contribution in [3.05, 3.63) is 65.0 Å². The van der Waals surface area contributed by atoms with Crippen LogP contribution in [0.2, 0.25) is 0 Å². The molecule has 2 nitrogen and oxygen atoms in total. The predicted octanol–water partition coefficient (Wildman–Crippen LogP) is 3.79. The normalized spacial score (nSPS) is 10.7. The zero-order valence-electron chi connectivity index (χ0n) is 11.6. The van der Waals surface area contributed by atoms with Crippen molar-refractivity contribution in [1.82, 2.24) is 5.32 Å². The highest BCUT2D eigenvalue weighted by Gasteiger charge is 2.09. The zero-order chi connectivity index (χ0) is 15.2. The van der Waals surface area contributed by atoms with Crippen LogP contribution in [0.25, 0.3) is 0 Å². The van der Waals surface area contributed by atoms with Crippen LogP contribution in [-0.4, -0.2) is 6.61 Å². The van der Waals surface area contributed by atoms with Crippen molar-refractivity contribution in [1.29, 1.82) is 0 Å². The van der Waals surface area contributed by atoms with Crippen LogP contribution >= 0.6 is 0 Å². The van der Waals surface area contributed by atoms with Gasteiger partial charge in [-0.1, -0.05) is 12.1 Å². The van der Waals surface area contributed by atoms with Crippen molar-refractivity contribution < 1.29 is 17.9 Å². The summed E-state index contributed by atoms with van der Waals surface area (Å²) in [5.74, 6) is -2.23. The molecule has 1 N–H and O–H groups in total. The molecule has 0 aromatic heterocycles. The molecule has 21 heavy (non-hydrogen) atoms. The average Bonchev–Trinajstić information content (AvgIpc) is 2.45. The van der Waals surface area contributed by atoms with Gasteiger partial charge in [-0.15, -0.1) is 0 Å². The molecule has 2 aromatic rings. The maximum absolute atomic E-state index is 13.5. The lowest BCUT2D eigenvalue weighted by molar-refractivity contribution is 0.340. The summed E-state index contributed by atoms with van der Waals surface area (Å²) in [6, 6.07) is 8.91. The van der Waals surface area contributed by atoms with Gasteiger partial charge in [-0.05, 0) is 30.7 Å². The van der Waals surface area contributed by atoms with E-state index in [1.54, 1.807) is 0 Å². The molecule has 0 aliphatic rings. The van der Waals surface area contributed by atoms with E-state index in [1.807, 2.05) is 31.2 Å². The summed E-state index contributed by atoms with van der Waals surface area (Å²) in [6.45, 7) is 3.06. The van der Waals surface area contributed by atoms with Crippen molar-refractivity contribution in [2.75, 3.05) is 6.61 Å². The molecule has 0 unspecified atom stereocenters. The van der Waals surface area contributed by atoms with Crippen molar-refractivity contribution >= 4 is 0 Å². The van der Waals surface area contributed by atoms with Gasteiger partial charge >= 0.3 is 0 Å². The van der Waals surface area contributed by atoms with Gasteiger partial charge in [0.25, 0.3) is 0 Å². The molecule has 0 bridgehead atoms. The van der Waals surface area contributed by atoms with E-state index >= 15 is 0 Å². The fraction of sp³-hybridized carbons (Fsp3) is 0.250. The zero-order valence-corrected chi connectivity index (χ0v) is 11.6. The molecule has 2 rings (SSSR count). The molecule has 0 saturated carbocycles. The summed E-state index contributed by atoms with van der Waals surface area (Å²) in [7, 11) is 0. The van der Waals surface area contributed by atoms with Gasteiger partial charge in [0.05, 0.1) is 6.61 Å². The Hall–Kier alpha value is -2.01. The predicted molar refractivity (Wildman–Crippen MR) is 74.5 cm³/mol. The van der Waals surface area contributed by atoms with Crippen LogP contribution in [0.5, 0.6) is 5.75 Å². The minimum absolute atomic E-state index is 0.0925. The monoisotopic (exact) mass is 295 g/mol. The Labute approximate surface area is 121 Å². The number of benzene rings is 2. The number of rotatable bonds is 6. The Morgan fingerprint density at radius 1 is 0.952 bits per heavy atom. The van der Waals surface area contributed by atoms with Gasteiger partial charge < -0.3 is 10.1 Å². The van der Waals surface area contributed by atoms with Crippen LogP contribution in [0.1, 0.15) is 18.1 Å². The number of hydrogen-bond acceptors (Lipinski definition) is 2. The molecule has 2 aromatic carbocycles. The quantitative estimate of drug-likeness (QED) is 0.819. The van der Waals surface area contributed by atoms with Crippen LogP contribution in [0.15, 0.2) is 36.4 Å². The molecule has 0 aliphatic carbocycles. The summed E-state index contributed by atoms with van der Waals surface area (Å²) in [6.07, 6.45) is 0. The smallest absolute Gasteiger partial charge is 0.161 e. The molecule has 0 heterocycles. The highest BCUT2D eigenvalue weighted by atomic mass is 19.2. The first-order chi connectivity index (χ1) is 10.1. The average molecular weight is 295 g/mol. The Bertz CT molecular complexity index is 616. The minimum Gasteiger partial charge on any atom is -0.494 e. The summed E-state index contributed by atoms with van der Waals surface area (Å²) in [5.41, 5.74) is 1.05. The topological polar surface area (TPSA) is 21.3 Å². The lowest BCUT2D eigenvalue weighted by Gasteiger charge is -2.08. The molecule has 0 fully saturated rings. The van der Waals surface area contributed by atoms with Gasteiger partial charge in [0.15, 0.2) is 11.6 Å². The third-order valence-corrected chi connectivity index (χ3v) is 2.94. The SMILES string of the molecule is CCOc1cccc(CNCc2cc(F)c(F)cc2F)c1. The Morgan fingerprint density at radius 2 is 1.71 bits per heavy atom. The fourth-order valence-electron chi connectivity index (χ4n) is 1.95. The van der Waals surface area contributed by atoms with E-state index in [4.69, 9.17) is 4.74 Å². The van der Waals surface area contributed by atoms with Gasteiger partial charge in [-0.2, -0.15) is 0 Å². The molecular weight excluding hydrogens is 279 g/mol. The highest BCUT2D eigenvalue weighted by Crippen LogP contribution is 2.15. The fourth-order valence-corrected chi connectivity index (χ4v) is 1.95. The lowest BCUT2D eigenvalue weighted by Crippen LogP contribution is -2.14. The van der Waals surface area contributed by atoms with Gasteiger partial charge in [0.2, 0.25) is 0 Å². The molecule has 5 heteroatoms. The Morgan fingerprint density at radius 3 is 2.48 bits per heavy atom. The minimum atomic E-state index is -1.18. The first-order valence-electron chi connectivity index (χ1n) is 6.66. The molecule has 0 amide bonds. The van der Waals surface area contributed by atoms with Crippen LogP contribution in [0.3, 0.4) is 0 Å². The van der Waals surface area contributed by atoms with E-state index in [0.717, 1.165) is 17.4 Å². The molecule has 0 spiro atoms. The molecule has 0 saturated heterocycles. The van der Waals surface area contributed by atoms with Crippen molar-refractivity contribution in [3.63, 3.8) is 0 Å². The summed E-state index contributed by atoms with van der Waals surface area (Å²) in [4.78, 5) is 0. The third kappa shape index (κ3) is 4.23. The van der Waals surface area contributed by atoms with Gasteiger partial charge in [-0.25, -0.2) is 13.2 Å². The maximum Gasteiger partial charge on any atom is 0.161 e. The van der Waals surface area contributed by atoms with Crippen molar-refractivity contribution in [3.8, 4) is 5.75 Å². The summed E-state index contributed by atoms with van der Waals surface area (Å²) in [5, 5.41) is 2.99. The number of halogens is 3. The summed E-state index contributed by atoms with van der Waals surface area (Å²) >= 11 is 0. The van der Waals surface area contributed by atoms with E-state index in [9.17, 15) is 13.2 Å². The molecule has 112 valence electrons. The van der Waals surface area contributed by atoms with E-state index in [-0.39, 0.29) is 12.1 Å².